The van der Waals surface area contributed by atoms with Gasteiger partial charge in [-0.15, -0.1) is 36.8 Å². The minimum Gasteiger partial charge on any atom is -0.673 e. The monoisotopic (exact) mass is 257 g/mol. The van der Waals surface area contributed by atoms with Crippen molar-refractivity contribution in [3.05, 3.63) is 30.0 Å². The number of rotatable bonds is 0. The van der Waals surface area contributed by atoms with Gasteiger partial charge in [0.2, 0.25) is 0 Å². The largest absolute Gasteiger partial charge is 2.00 e. The Labute approximate surface area is 109 Å². The molecule has 1 N–H and O–H groups in total. The first-order valence-corrected chi connectivity index (χ1v) is 3.47. The van der Waals surface area contributed by atoms with Gasteiger partial charge in [-0.25, -0.2) is 12.2 Å². The van der Waals surface area contributed by atoms with Crippen molar-refractivity contribution in [3.8, 4) is 0 Å². The number of hydrogen-bond donors (Lipinski definition) is 0. The Hall–Kier alpha value is 0.734. The van der Waals surface area contributed by atoms with Gasteiger partial charge in [-0.05, 0) is 0 Å². The summed E-state index contributed by atoms with van der Waals surface area (Å²) in [5.41, 5.74) is 6.69. The van der Waals surface area contributed by atoms with Gasteiger partial charge in [0.15, 0.2) is 0 Å². The summed E-state index contributed by atoms with van der Waals surface area (Å²) in [5.74, 6) is 0. The van der Waals surface area contributed by atoms with Crippen molar-refractivity contribution in [1.82, 2.24) is 0 Å². The normalized spacial score (nSPS) is 11.4. The molecule has 0 amide bonds. The van der Waals surface area contributed by atoms with Crippen LogP contribution in [-0.2, 0) is 21.7 Å². The smallest absolute Gasteiger partial charge is 0.673 e. The molecule has 0 aromatic rings. The Kier molecular flexibility index (Phi) is 23.0. The zero-order valence-electron chi connectivity index (χ0n) is 8.26. The van der Waals surface area contributed by atoms with Crippen LogP contribution in [0.3, 0.4) is 0 Å². The fourth-order valence-electron chi connectivity index (χ4n) is 0.340. The standard InChI is InChI=1S/C5H5.C4H10N.2ClH.Ti/c1-2-4-5-3-1;1-4(2,3)5;;;/h1-3H,4H2;5H,1-3H3;2*1H;/q2*-1;;;+2. The fourth-order valence-corrected chi connectivity index (χ4v) is 0.340. The Balaban J connectivity index is -0.0000000506. The van der Waals surface area contributed by atoms with Gasteiger partial charge in [-0.3, -0.25) is 6.08 Å². The molecule has 0 bridgehead atoms. The van der Waals surface area contributed by atoms with Crippen LogP contribution in [0.1, 0.15) is 27.2 Å². The molecule has 4 heteroatoms. The van der Waals surface area contributed by atoms with E-state index in [0.29, 0.717) is 0 Å². The maximum absolute atomic E-state index is 6.94. The predicted octanol–water partition coefficient (Wildman–Crippen LogP) is 3.98. The van der Waals surface area contributed by atoms with Crippen molar-refractivity contribution < 1.29 is 21.7 Å². The summed E-state index contributed by atoms with van der Waals surface area (Å²) < 4.78 is 0. The average molecular weight is 258 g/mol. The van der Waals surface area contributed by atoms with Crippen molar-refractivity contribution in [2.24, 2.45) is 0 Å². The van der Waals surface area contributed by atoms with E-state index < -0.39 is 0 Å². The maximum atomic E-state index is 6.94. The third kappa shape index (κ3) is 44.6. The molecular formula is C9H17Cl2NTi. The van der Waals surface area contributed by atoms with Gasteiger partial charge in [0.1, 0.15) is 0 Å². The maximum Gasteiger partial charge on any atom is 2.00 e. The Bertz CT molecular complexity index is 123. The number of hydrogen-bond acceptors (Lipinski definition) is 0. The van der Waals surface area contributed by atoms with Crippen LogP contribution in [0.15, 0.2) is 18.2 Å². The minimum atomic E-state index is -0.250. The molecule has 0 aromatic carbocycles. The van der Waals surface area contributed by atoms with E-state index in [1.165, 1.54) is 0 Å². The van der Waals surface area contributed by atoms with E-state index in [9.17, 15) is 0 Å². The topological polar surface area (TPSA) is 23.8 Å². The van der Waals surface area contributed by atoms with Crippen LogP contribution in [0.25, 0.3) is 5.73 Å². The Morgan fingerprint density at radius 1 is 1.23 bits per heavy atom. The van der Waals surface area contributed by atoms with Gasteiger partial charge in [0, 0.05) is 0 Å². The molecule has 1 aliphatic carbocycles. The number of nitrogens with one attached hydrogen (secondary N) is 1. The van der Waals surface area contributed by atoms with E-state index in [4.69, 9.17) is 5.73 Å². The Morgan fingerprint density at radius 3 is 1.69 bits per heavy atom. The van der Waals surface area contributed by atoms with E-state index in [1.807, 2.05) is 32.9 Å². The first-order valence-electron chi connectivity index (χ1n) is 3.47. The first-order chi connectivity index (χ1) is 4.50. The SMILES string of the molecule is CC(C)(C)[NH-].Cl.Cl.[C-]1=CC=CC1.[Ti+2]. The second kappa shape index (κ2) is 12.7. The number of allylic oxidation sites excluding steroid dienone is 4. The molecule has 1 rings (SSSR count). The third-order valence-electron chi connectivity index (χ3n) is 0.586. The molecule has 0 aliphatic heterocycles. The molecular weight excluding hydrogens is 241 g/mol. The fraction of sp³-hybridized carbons (Fsp3) is 0.556. The van der Waals surface area contributed by atoms with Crippen LogP contribution in [0.5, 0.6) is 0 Å². The van der Waals surface area contributed by atoms with Crippen molar-refractivity contribution >= 4 is 24.8 Å². The molecule has 0 fully saturated rings. The molecule has 0 saturated heterocycles. The molecule has 0 heterocycles. The van der Waals surface area contributed by atoms with Gasteiger partial charge in [0.05, 0.1) is 0 Å². The van der Waals surface area contributed by atoms with Gasteiger partial charge in [0.25, 0.3) is 0 Å². The molecule has 76 valence electrons. The third-order valence-corrected chi connectivity index (χ3v) is 0.586. The average Bonchev–Trinajstić information content (AvgIpc) is 2.07. The molecule has 1 nitrogen and oxygen atoms in total. The van der Waals surface area contributed by atoms with E-state index >= 15 is 0 Å². The molecule has 0 saturated carbocycles. The van der Waals surface area contributed by atoms with Crippen LogP contribution in [-0.4, -0.2) is 5.54 Å². The van der Waals surface area contributed by atoms with Crippen LogP contribution in [0.4, 0.5) is 0 Å². The summed E-state index contributed by atoms with van der Waals surface area (Å²) in [7, 11) is 0. The van der Waals surface area contributed by atoms with Gasteiger partial charge in [-0.1, -0.05) is 20.8 Å². The first kappa shape index (κ1) is 23.5. The quantitative estimate of drug-likeness (QED) is 0.463. The van der Waals surface area contributed by atoms with Crippen LogP contribution < -0.4 is 0 Å². The van der Waals surface area contributed by atoms with Crippen molar-refractivity contribution in [3.63, 3.8) is 0 Å². The summed E-state index contributed by atoms with van der Waals surface area (Å²) in [6, 6.07) is 0. The molecule has 0 atom stereocenters. The van der Waals surface area contributed by atoms with Crippen molar-refractivity contribution in [1.29, 1.82) is 0 Å². The molecule has 0 radical (unpaired) electrons. The van der Waals surface area contributed by atoms with E-state index in [1.54, 1.807) is 0 Å². The molecule has 0 spiro atoms. The predicted molar refractivity (Wildman–Crippen MR) is 60.1 cm³/mol. The molecule has 13 heavy (non-hydrogen) atoms. The Morgan fingerprint density at radius 2 is 1.62 bits per heavy atom. The summed E-state index contributed by atoms with van der Waals surface area (Å²) >= 11 is 0. The van der Waals surface area contributed by atoms with E-state index in [0.717, 1.165) is 6.42 Å². The summed E-state index contributed by atoms with van der Waals surface area (Å²) in [6.07, 6.45) is 10.0. The zero-order valence-corrected chi connectivity index (χ0v) is 11.5. The zero-order chi connectivity index (χ0) is 8.04. The summed E-state index contributed by atoms with van der Waals surface area (Å²) in [4.78, 5) is 0. The minimum absolute atomic E-state index is 0. The van der Waals surface area contributed by atoms with Gasteiger partial charge in [-0.2, -0.15) is 6.08 Å². The number of halogens is 2. The summed E-state index contributed by atoms with van der Waals surface area (Å²) in [6.45, 7) is 5.56. The van der Waals surface area contributed by atoms with Crippen LogP contribution >= 0.6 is 24.8 Å². The summed E-state index contributed by atoms with van der Waals surface area (Å²) in [5, 5.41) is 0. The van der Waals surface area contributed by atoms with E-state index in [-0.39, 0.29) is 52.1 Å². The molecule has 0 aromatic heterocycles. The van der Waals surface area contributed by atoms with Crippen molar-refractivity contribution in [2.75, 3.05) is 0 Å². The van der Waals surface area contributed by atoms with Gasteiger partial charge >= 0.3 is 21.7 Å². The second-order valence-corrected chi connectivity index (χ2v) is 3.25. The van der Waals surface area contributed by atoms with Crippen LogP contribution in [0.2, 0.25) is 0 Å². The molecule has 1 aliphatic rings. The van der Waals surface area contributed by atoms with Gasteiger partial charge < -0.3 is 5.73 Å². The van der Waals surface area contributed by atoms with Crippen molar-refractivity contribution in [2.45, 2.75) is 32.7 Å². The van der Waals surface area contributed by atoms with E-state index in [2.05, 4.69) is 12.2 Å². The second-order valence-electron chi connectivity index (χ2n) is 3.25. The van der Waals surface area contributed by atoms with Crippen LogP contribution in [0, 0.1) is 6.08 Å². The molecule has 0 unspecified atom stereocenters.